The van der Waals surface area contributed by atoms with Gasteiger partial charge in [0.2, 0.25) is 0 Å². The van der Waals surface area contributed by atoms with Crippen molar-refractivity contribution in [3.63, 3.8) is 0 Å². The summed E-state index contributed by atoms with van der Waals surface area (Å²) in [5.41, 5.74) is 1.34. The number of likely N-dealkylation sites (tertiary alicyclic amines) is 1. The van der Waals surface area contributed by atoms with E-state index in [0.717, 1.165) is 11.8 Å². The smallest absolute Gasteiger partial charge is 0.464 e. The second kappa shape index (κ2) is 7.55. The molecular weight excluding hydrogens is 367 g/mol. The van der Waals surface area contributed by atoms with Crippen LogP contribution in [0, 0.1) is 5.41 Å². The molecule has 2 aliphatic rings. The number of ether oxygens (including phenoxy) is 1. The summed E-state index contributed by atoms with van der Waals surface area (Å²) in [4.78, 5) is 26.4. The van der Waals surface area contributed by atoms with E-state index >= 15 is 0 Å². The van der Waals surface area contributed by atoms with Crippen LogP contribution in [-0.4, -0.2) is 66.6 Å². The van der Waals surface area contributed by atoms with Crippen molar-refractivity contribution in [2.75, 3.05) is 26.3 Å². The molecule has 1 spiro atoms. The van der Waals surface area contributed by atoms with Crippen molar-refractivity contribution in [1.29, 1.82) is 0 Å². The standard InChI is InChI=1S/C18H21BN2O7/c22-16(17(23)21-6-5-18(9-21)10-26-11-18)20-15(28-19(24)25)7-12-8-27-14-4-2-1-3-13(12)14/h1-4,8,15,24-25H,5-7,9-11H2,(H,20,22)/t15-/m1/s1. The number of nitrogens with one attached hydrogen (secondary N) is 1. The molecule has 2 fully saturated rings. The molecule has 0 saturated carbocycles. The van der Waals surface area contributed by atoms with Gasteiger partial charge in [0.25, 0.3) is 0 Å². The fraction of sp³-hybridized carbons (Fsp3) is 0.444. The Kier molecular flexibility index (Phi) is 5.11. The van der Waals surface area contributed by atoms with Crippen LogP contribution < -0.4 is 5.32 Å². The van der Waals surface area contributed by atoms with Gasteiger partial charge in [0.15, 0.2) is 0 Å². The minimum atomic E-state index is -2.10. The Labute approximate surface area is 161 Å². The summed E-state index contributed by atoms with van der Waals surface area (Å²) < 4.78 is 15.7. The van der Waals surface area contributed by atoms with Crippen molar-refractivity contribution in [3.8, 4) is 0 Å². The minimum Gasteiger partial charge on any atom is -0.464 e. The number of carbonyl (C=O) groups is 2. The van der Waals surface area contributed by atoms with E-state index in [1.807, 2.05) is 18.2 Å². The SMILES string of the molecule is O=C(N[C@@H](Cc1coc2ccccc12)OB(O)O)C(=O)N1CCC2(COC2)C1. The third-order valence-corrected chi connectivity index (χ3v) is 5.28. The average molecular weight is 388 g/mol. The molecule has 10 heteroatoms. The fourth-order valence-corrected chi connectivity index (χ4v) is 3.76. The van der Waals surface area contributed by atoms with Crippen molar-refractivity contribution in [3.05, 3.63) is 36.1 Å². The molecule has 28 heavy (non-hydrogen) atoms. The molecule has 2 aliphatic heterocycles. The van der Waals surface area contributed by atoms with Crippen LogP contribution in [0.15, 0.2) is 34.9 Å². The predicted molar refractivity (Wildman–Crippen MR) is 97.6 cm³/mol. The Morgan fingerprint density at radius 1 is 1.32 bits per heavy atom. The van der Waals surface area contributed by atoms with Crippen LogP contribution in [0.4, 0.5) is 0 Å². The number of benzene rings is 1. The molecule has 1 aromatic heterocycles. The zero-order valence-corrected chi connectivity index (χ0v) is 15.2. The Morgan fingerprint density at radius 3 is 2.79 bits per heavy atom. The largest absolute Gasteiger partial charge is 0.635 e. The fourth-order valence-electron chi connectivity index (χ4n) is 3.76. The van der Waals surface area contributed by atoms with Gasteiger partial charge in [-0.25, -0.2) is 0 Å². The Bertz CT molecular complexity index is 880. The van der Waals surface area contributed by atoms with Crippen molar-refractivity contribution in [2.45, 2.75) is 19.1 Å². The summed E-state index contributed by atoms with van der Waals surface area (Å²) in [6.07, 6.45) is 1.31. The van der Waals surface area contributed by atoms with Gasteiger partial charge in [-0.3, -0.25) is 9.59 Å². The molecule has 3 N–H and O–H groups in total. The van der Waals surface area contributed by atoms with Crippen molar-refractivity contribution in [1.82, 2.24) is 10.2 Å². The van der Waals surface area contributed by atoms with Crippen LogP contribution in [0.25, 0.3) is 11.0 Å². The zero-order chi connectivity index (χ0) is 19.7. The lowest BCUT2D eigenvalue weighted by Gasteiger charge is -2.37. The minimum absolute atomic E-state index is 0.0250. The highest BCUT2D eigenvalue weighted by molar-refractivity contribution is 6.35. The zero-order valence-electron chi connectivity index (χ0n) is 15.2. The number of hydrogen-bond donors (Lipinski definition) is 3. The number of amides is 2. The lowest BCUT2D eigenvalue weighted by atomic mass is 9.85. The van der Waals surface area contributed by atoms with Crippen molar-refractivity contribution >= 4 is 30.1 Å². The molecule has 0 unspecified atom stereocenters. The average Bonchev–Trinajstić information content (AvgIpc) is 3.25. The molecule has 9 nitrogen and oxygen atoms in total. The van der Waals surface area contributed by atoms with E-state index in [1.165, 1.54) is 11.2 Å². The summed E-state index contributed by atoms with van der Waals surface area (Å²) in [6, 6.07) is 7.31. The van der Waals surface area contributed by atoms with Gasteiger partial charge >= 0.3 is 19.1 Å². The van der Waals surface area contributed by atoms with Crippen LogP contribution in [-0.2, 0) is 25.4 Å². The van der Waals surface area contributed by atoms with Gasteiger partial charge < -0.3 is 34.1 Å². The molecule has 0 aliphatic carbocycles. The number of hydrogen-bond acceptors (Lipinski definition) is 7. The normalized spacial score (nSPS) is 18.9. The monoisotopic (exact) mass is 388 g/mol. The number of fused-ring (bicyclic) bond motifs is 1. The highest BCUT2D eigenvalue weighted by Crippen LogP contribution is 2.37. The van der Waals surface area contributed by atoms with Crippen LogP contribution in [0.1, 0.15) is 12.0 Å². The van der Waals surface area contributed by atoms with Gasteiger partial charge in [0.05, 0.1) is 19.5 Å². The van der Waals surface area contributed by atoms with E-state index in [0.29, 0.717) is 37.4 Å². The lowest BCUT2D eigenvalue weighted by molar-refractivity contribution is -0.149. The quantitative estimate of drug-likeness (QED) is 0.364. The summed E-state index contributed by atoms with van der Waals surface area (Å²) in [7, 11) is -2.10. The molecule has 0 radical (unpaired) electrons. The third kappa shape index (κ3) is 3.76. The number of carbonyl (C=O) groups excluding carboxylic acids is 2. The highest BCUT2D eigenvalue weighted by Gasteiger charge is 2.46. The molecule has 2 saturated heterocycles. The summed E-state index contributed by atoms with van der Waals surface area (Å²) >= 11 is 0. The first-order valence-electron chi connectivity index (χ1n) is 9.10. The van der Waals surface area contributed by atoms with E-state index in [1.54, 1.807) is 6.07 Å². The number of furan rings is 1. The maximum atomic E-state index is 12.5. The topological polar surface area (TPSA) is 121 Å². The van der Waals surface area contributed by atoms with Gasteiger partial charge in [-0.05, 0) is 12.5 Å². The maximum Gasteiger partial charge on any atom is 0.635 e. The summed E-state index contributed by atoms with van der Waals surface area (Å²) in [5.74, 6) is -1.52. The molecule has 0 bridgehead atoms. The van der Waals surface area contributed by atoms with Crippen LogP contribution in [0.2, 0.25) is 0 Å². The Hall–Kier alpha value is -2.40. The summed E-state index contributed by atoms with van der Waals surface area (Å²) in [6.45, 7) is 2.19. The predicted octanol–water partition coefficient (Wildman–Crippen LogP) is -0.347. The van der Waals surface area contributed by atoms with Crippen LogP contribution in [0.3, 0.4) is 0 Å². The first-order chi connectivity index (χ1) is 13.5. The first kappa shape index (κ1) is 18.9. The van der Waals surface area contributed by atoms with Gasteiger partial charge in [-0.1, -0.05) is 18.2 Å². The molecule has 1 aromatic carbocycles. The van der Waals surface area contributed by atoms with Crippen molar-refractivity contribution in [2.24, 2.45) is 5.41 Å². The highest BCUT2D eigenvalue weighted by atomic mass is 16.6. The second-order valence-electron chi connectivity index (χ2n) is 7.36. The molecule has 3 heterocycles. The number of rotatable bonds is 5. The molecule has 2 aromatic rings. The summed E-state index contributed by atoms with van der Waals surface area (Å²) in [5, 5.41) is 21.6. The number of para-hydroxylation sites is 1. The molecule has 1 atom stereocenters. The van der Waals surface area contributed by atoms with Gasteiger partial charge in [-0.2, -0.15) is 0 Å². The Morgan fingerprint density at radius 2 is 2.11 bits per heavy atom. The second-order valence-corrected chi connectivity index (χ2v) is 7.36. The van der Waals surface area contributed by atoms with E-state index < -0.39 is 25.4 Å². The van der Waals surface area contributed by atoms with Crippen LogP contribution >= 0.6 is 0 Å². The van der Waals surface area contributed by atoms with E-state index in [-0.39, 0.29) is 11.8 Å². The van der Waals surface area contributed by atoms with E-state index in [2.05, 4.69) is 5.32 Å². The molecule has 148 valence electrons. The third-order valence-electron chi connectivity index (χ3n) is 5.28. The molecule has 2 amide bonds. The molecule has 4 rings (SSSR count). The van der Waals surface area contributed by atoms with Gasteiger partial charge in [0, 0.05) is 35.9 Å². The lowest BCUT2D eigenvalue weighted by Crippen LogP contribution is -2.51. The van der Waals surface area contributed by atoms with Gasteiger partial charge in [0.1, 0.15) is 11.8 Å². The number of nitrogens with zero attached hydrogens (tertiary/aromatic N) is 1. The van der Waals surface area contributed by atoms with Gasteiger partial charge in [-0.15, -0.1) is 0 Å². The van der Waals surface area contributed by atoms with Crippen molar-refractivity contribution < 1.29 is 33.4 Å². The maximum absolute atomic E-state index is 12.5. The first-order valence-corrected chi connectivity index (χ1v) is 9.10. The van der Waals surface area contributed by atoms with E-state index in [9.17, 15) is 19.6 Å². The molecular formula is C18H21BN2O7. The van der Waals surface area contributed by atoms with E-state index in [4.69, 9.17) is 13.8 Å². The Balaban J connectivity index is 1.42. The van der Waals surface area contributed by atoms with Crippen LogP contribution in [0.5, 0.6) is 0 Å².